The highest BCUT2D eigenvalue weighted by molar-refractivity contribution is 5.99. The summed E-state index contributed by atoms with van der Waals surface area (Å²) in [6.07, 6.45) is 0. The van der Waals surface area contributed by atoms with E-state index in [9.17, 15) is 4.79 Å². The van der Waals surface area contributed by atoms with E-state index in [1.54, 1.807) is 0 Å². The highest BCUT2D eigenvalue weighted by Crippen LogP contribution is 2.26. The summed E-state index contributed by atoms with van der Waals surface area (Å²) in [5, 5.41) is 0. The summed E-state index contributed by atoms with van der Waals surface area (Å²) < 4.78 is 0. The number of hydrogen-bond acceptors (Lipinski definition) is 1. The first kappa shape index (κ1) is 12.0. The van der Waals surface area contributed by atoms with E-state index < -0.39 is 0 Å². The molecule has 1 heterocycles. The third kappa shape index (κ3) is 2.14. The van der Waals surface area contributed by atoms with Crippen LogP contribution >= 0.6 is 0 Å². The monoisotopic (exact) mass is 251 g/mol. The Kier molecular flexibility index (Phi) is 2.86. The van der Waals surface area contributed by atoms with Crippen LogP contribution in [0.4, 0.5) is 0 Å². The lowest BCUT2D eigenvalue weighted by Gasteiger charge is -2.15. The first-order valence-electron chi connectivity index (χ1n) is 6.58. The minimum Gasteiger partial charge on any atom is -0.330 e. The molecule has 3 rings (SSSR count). The van der Waals surface area contributed by atoms with Crippen molar-refractivity contribution in [2.24, 2.45) is 0 Å². The second kappa shape index (κ2) is 4.54. The van der Waals surface area contributed by atoms with Crippen LogP contribution in [0.25, 0.3) is 0 Å². The lowest BCUT2D eigenvalue weighted by atomic mass is 10.0. The molecule has 0 saturated heterocycles. The molecule has 96 valence electrons. The van der Waals surface area contributed by atoms with E-state index in [1.807, 2.05) is 24.0 Å². The largest absolute Gasteiger partial charge is 0.330 e. The van der Waals surface area contributed by atoms with E-state index in [1.165, 1.54) is 11.1 Å². The third-order valence-electron chi connectivity index (χ3n) is 3.72. The van der Waals surface area contributed by atoms with Gasteiger partial charge in [0.15, 0.2) is 0 Å². The van der Waals surface area contributed by atoms with Gasteiger partial charge in [-0.25, -0.2) is 0 Å². The van der Waals surface area contributed by atoms with Crippen LogP contribution in [0.15, 0.2) is 42.5 Å². The van der Waals surface area contributed by atoms with Crippen LogP contribution < -0.4 is 0 Å². The highest BCUT2D eigenvalue weighted by atomic mass is 16.2. The minimum absolute atomic E-state index is 0.161. The predicted octanol–water partition coefficient (Wildman–Crippen LogP) is 3.46. The topological polar surface area (TPSA) is 20.3 Å². The number of nitrogens with zero attached hydrogens (tertiary/aromatic N) is 1. The Labute approximate surface area is 113 Å². The molecule has 2 nitrogen and oxygen atoms in total. The van der Waals surface area contributed by atoms with Gasteiger partial charge in [-0.1, -0.05) is 48.0 Å². The molecular weight excluding hydrogens is 234 g/mol. The molecule has 1 aliphatic heterocycles. The zero-order chi connectivity index (χ0) is 13.4. The average Bonchev–Trinajstić information content (AvgIpc) is 2.71. The molecule has 2 aromatic carbocycles. The summed E-state index contributed by atoms with van der Waals surface area (Å²) in [4.78, 5) is 14.3. The standard InChI is InChI=1S/C17H17NO/c1-12-6-8-14(9-7-12)10-18-11-15-5-3-4-13(2)16(15)17(18)19/h3-9H,10-11H2,1-2H3. The zero-order valence-electron chi connectivity index (χ0n) is 11.3. The van der Waals surface area contributed by atoms with Crippen molar-refractivity contribution in [3.63, 3.8) is 0 Å². The number of benzene rings is 2. The van der Waals surface area contributed by atoms with Crippen molar-refractivity contribution in [1.29, 1.82) is 0 Å². The van der Waals surface area contributed by atoms with Crippen LogP contribution in [-0.2, 0) is 13.1 Å². The molecule has 0 spiro atoms. The van der Waals surface area contributed by atoms with Crippen LogP contribution in [0.1, 0.15) is 32.6 Å². The summed E-state index contributed by atoms with van der Waals surface area (Å²) in [6, 6.07) is 14.5. The molecule has 2 heteroatoms. The maximum atomic E-state index is 12.4. The first-order chi connectivity index (χ1) is 9.15. The number of fused-ring (bicyclic) bond motifs is 1. The molecule has 0 atom stereocenters. The van der Waals surface area contributed by atoms with Gasteiger partial charge in [-0.2, -0.15) is 0 Å². The number of carbonyl (C=O) groups is 1. The highest BCUT2D eigenvalue weighted by Gasteiger charge is 2.28. The maximum Gasteiger partial charge on any atom is 0.255 e. The zero-order valence-corrected chi connectivity index (χ0v) is 11.3. The lowest BCUT2D eigenvalue weighted by Crippen LogP contribution is -2.23. The average molecular weight is 251 g/mol. The van der Waals surface area contributed by atoms with Gasteiger partial charge in [-0.05, 0) is 30.5 Å². The first-order valence-corrected chi connectivity index (χ1v) is 6.58. The second-order valence-corrected chi connectivity index (χ2v) is 5.26. The molecule has 1 aliphatic rings. The molecule has 19 heavy (non-hydrogen) atoms. The molecule has 0 fully saturated rings. The Bertz CT molecular complexity index is 628. The molecule has 0 radical (unpaired) electrons. The second-order valence-electron chi connectivity index (χ2n) is 5.26. The van der Waals surface area contributed by atoms with Gasteiger partial charge in [0, 0.05) is 18.7 Å². The van der Waals surface area contributed by atoms with Crippen molar-refractivity contribution in [2.45, 2.75) is 26.9 Å². The van der Waals surface area contributed by atoms with Crippen molar-refractivity contribution in [2.75, 3.05) is 0 Å². The smallest absolute Gasteiger partial charge is 0.255 e. The van der Waals surface area contributed by atoms with Crippen molar-refractivity contribution >= 4 is 5.91 Å². The predicted molar refractivity (Wildman–Crippen MR) is 75.9 cm³/mol. The van der Waals surface area contributed by atoms with E-state index in [2.05, 4.69) is 37.3 Å². The van der Waals surface area contributed by atoms with Crippen LogP contribution in [0.3, 0.4) is 0 Å². The van der Waals surface area contributed by atoms with Gasteiger partial charge in [-0.15, -0.1) is 0 Å². The minimum atomic E-state index is 0.161. The van der Waals surface area contributed by atoms with Gasteiger partial charge in [0.05, 0.1) is 0 Å². The van der Waals surface area contributed by atoms with Gasteiger partial charge in [-0.3, -0.25) is 4.79 Å². The Morgan fingerprint density at radius 1 is 1.05 bits per heavy atom. The summed E-state index contributed by atoms with van der Waals surface area (Å²) in [6.45, 7) is 5.49. The van der Waals surface area contributed by atoms with E-state index in [0.29, 0.717) is 6.54 Å². The van der Waals surface area contributed by atoms with Crippen molar-refractivity contribution < 1.29 is 4.79 Å². The Balaban J connectivity index is 1.84. The summed E-state index contributed by atoms with van der Waals surface area (Å²) in [5.74, 6) is 0.161. The third-order valence-corrected chi connectivity index (χ3v) is 3.72. The fourth-order valence-corrected chi connectivity index (χ4v) is 2.64. The molecule has 0 saturated carbocycles. The van der Waals surface area contributed by atoms with Gasteiger partial charge >= 0.3 is 0 Å². The number of aryl methyl sites for hydroxylation is 2. The number of rotatable bonds is 2. The van der Waals surface area contributed by atoms with Gasteiger partial charge < -0.3 is 4.90 Å². The summed E-state index contributed by atoms with van der Waals surface area (Å²) in [5.41, 5.74) is 5.56. The molecule has 0 N–H and O–H groups in total. The summed E-state index contributed by atoms with van der Waals surface area (Å²) in [7, 11) is 0. The van der Waals surface area contributed by atoms with Gasteiger partial charge in [0.2, 0.25) is 0 Å². The fraction of sp³-hybridized carbons (Fsp3) is 0.235. The van der Waals surface area contributed by atoms with Gasteiger partial charge in [0.1, 0.15) is 0 Å². The molecule has 0 bridgehead atoms. The Hall–Kier alpha value is -2.09. The van der Waals surface area contributed by atoms with Crippen LogP contribution in [-0.4, -0.2) is 10.8 Å². The van der Waals surface area contributed by atoms with Crippen LogP contribution in [0.2, 0.25) is 0 Å². The van der Waals surface area contributed by atoms with Crippen LogP contribution in [0.5, 0.6) is 0 Å². The van der Waals surface area contributed by atoms with E-state index >= 15 is 0 Å². The SMILES string of the molecule is Cc1ccc(CN2Cc3cccc(C)c3C2=O)cc1. The Morgan fingerprint density at radius 2 is 1.79 bits per heavy atom. The van der Waals surface area contributed by atoms with E-state index in [4.69, 9.17) is 0 Å². The quantitative estimate of drug-likeness (QED) is 0.800. The van der Waals surface area contributed by atoms with Crippen LogP contribution in [0, 0.1) is 13.8 Å². The van der Waals surface area contributed by atoms with E-state index in [0.717, 1.165) is 23.2 Å². The molecule has 1 amide bonds. The van der Waals surface area contributed by atoms with E-state index in [-0.39, 0.29) is 5.91 Å². The number of carbonyl (C=O) groups excluding carboxylic acids is 1. The maximum absolute atomic E-state index is 12.4. The molecule has 0 aliphatic carbocycles. The molecular formula is C17H17NO. The molecule has 2 aromatic rings. The van der Waals surface area contributed by atoms with Crippen molar-refractivity contribution in [3.8, 4) is 0 Å². The molecule has 0 aromatic heterocycles. The van der Waals surface area contributed by atoms with Crippen molar-refractivity contribution in [3.05, 3.63) is 70.3 Å². The fourth-order valence-electron chi connectivity index (χ4n) is 2.64. The molecule has 0 unspecified atom stereocenters. The van der Waals surface area contributed by atoms with Crippen molar-refractivity contribution in [1.82, 2.24) is 4.90 Å². The Morgan fingerprint density at radius 3 is 2.47 bits per heavy atom. The van der Waals surface area contributed by atoms with Gasteiger partial charge in [0.25, 0.3) is 5.91 Å². The summed E-state index contributed by atoms with van der Waals surface area (Å²) >= 11 is 0. The number of amides is 1. The normalized spacial score (nSPS) is 13.8. The number of hydrogen-bond donors (Lipinski definition) is 0. The lowest BCUT2D eigenvalue weighted by molar-refractivity contribution is 0.0766.